The summed E-state index contributed by atoms with van der Waals surface area (Å²) in [7, 11) is 0. The number of benzene rings is 2. The summed E-state index contributed by atoms with van der Waals surface area (Å²) >= 11 is 5.48. The third kappa shape index (κ3) is 7.39. The molecule has 4 aromatic heterocycles. The Morgan fingerprint density at radius 1 is 0.529 bits per heavy atom. The van der Waals surface area contributed by atoms with Gasteiger partial charge in [0.1, 0.15) is 37.5 Å². The van der Waals surface area contributed by atoms with E-state index in [1.54, 1.807) is 0 Å². The molecule has 8 rings (SSSR count). The van der Waals surface area contributed by atoms with Gasteiger partial charge in [0.05, 0.1) is 21.1 Å². The molecule has 0 unspecified atom stereocenters. The van der Waals surface area contributed by atoms with Crippen molar-refractivity contribution in [3.8, 4) is 65.0 Å². The molecule has 6 heterocycles. The minimum absolute atomic E-state index is 0.523. The molecular weight excluding hydrogens is 693 g/mol. The molecule has 0 spiro atoms. The van der Waals surface area contributed by atoms with Crippen molar-refractivity contribution in [3.63, 3.8) is 0 Å². The number of rotatable bonds is 14. The second-order valence-electron chi connectivity index (χ2n) is 13.4. The van der Waals surface area contributed by atoms with Crippen LogP contribution in [-0.4, -0.2) is 36.4 Å². The highest BCUT2D eigenvalue weighted by Crippen LogP contribution is 2.49. The van der Waals surface area contributed by atoms with Crippen LogP contribution in [0.1, 0.15) is 76.3 Å². The van der Waals surface area contributed by atoms with Gasteiger partial charge in [0.2, 0.25) is 0 Å². The highest BCUT2D eigenvalue weighted by atomic mass is 32.1. The summed E-state index contributed by atoms with van der Waals surface area (Å²) in [4.78, 5) is 16.0. The van der Waals surface area contributed by atoms with Crippen LogP contribution in [0.4, 0.5) is 0 Å². The van der Waals surface area contributed by atoms with Crippen LogP contribution in [0.2, 0.25) is 0 Å². The Morgan fingerprint density at radius 3 is 1.43 bits per heavy atom. The molecule has 0 aliphatic carbocycles. The molecule has 0 amide bonds. The lowest BCUT2D eigenvalue weighted by atomic mass is 10.0. The molecule has 264 valence electrons. The standard InChI is InChI=1S/C42H44N2O4S3/c1-3-5-7-9-11-27-21-35(49-25-27)41-39-40(42(51-41)36-22-28(26-50-36)12-10-8-6-4-2)44-38(30-14-16-32-34(24-30)48-20-18-46-32)37(43-39)29-13-15-31-33(23-29)47-19-17-45-31/h13-16,21-26H,3-12,17-20H2,1-2H3. The zero-order chi connectivity index (χ0) is 34.6. The number of fused-ring (bicyclic) bond motifs is 3. The second kappa shape index (κ2) is 15.8. The fourth-order valence-corrected chi connectivity index (χ4v) is 10.1. The van der Waals surface area contributed by atoms with E-state index in [-0.39, 0.29) is 0 Å². The average Bonchev–Trinajstić information content (AvgIpc) is 3.93. The molecule has 9 heteroatoms. The maximum atomic E-state index is 6.04. The fourth-order valence-electron chi connectivity index (χ4n) is 6.83. The van der Waals surface area contributed by atoms with Gasteiger partial charge in [-0.3, -0.25) is 0 Å². The van der Waals surface area contributed by atoms with Crippen molar-refractivity contribution in [2.45, 2.75) is 78.1 Å². The van der Waals surface area contributed by atoms with E-state index in [1.165, 1.54) is 82.0 Å². The number of hydrogen-bond acceptors (Lipinski definition) is 9. The second-order valence-corrected chi connectivity index (χ2v) is 16.2. The summed E-state index contributed by atoms with van der Waals surface area (Å²) in [5, 5.41) is 4.68. The number of aromatic nitrogens is 2. The first-order valence-electron chi connectivity index (χ1n) is 18.5. The Hall–Kier alpha value is -3.92. The third-order valence-corrected chi connectivity index (χ3v) is 13.0. The van der Waals surface area contributed by atoms with Gasteiger partial charge < -0.3 is 18.9 Å². The maximum absolute atomic E-state index is 6.04. The number of hydrogen-bond donors (Lipinski definition) is 0. The van der Waals surface area contributed by atoms with Crippen molar-refractivity contribution in [1.82, 2.24) is 9.97 Å². The fraction of sp³-hybridized carbons (Fsp3) is 0.381. The van der Waals surface area contributed by atoms with Crippen molar-refractivity contribution in [3.05, 3.63) is 70.4 Å². The quantitative estimate of drug-likeness (QED) is 0.104. The molecule has 6 aromatic rings. The van der Waals surface area contributed by atoms with Crippen LogP contribution in [0.5, 0.6) is 23.0 Å². The predicted molar refractivity (Wildman–Crippen MR) is 213 cm³/mol. The van der Waals surface area contributed by atoms with Crippen molar-refractivity contribution in [1.29, 1.82) is 0 Å². The first kappa shape index (κ1) is 34.2. The van der Waals surface area contributed by atoms with E-state index in [4.69, 9.17) is 28.9 Å². The summed E-state index contributed by atoms with van der Waals surface area (Å²) < 4.78 is 23.8. The lowest BCUT2D eigenvalue weighted by Crippen LogP contribution is -2.15. The first-order valence-corrected chi connectivity index (χ1v) is 21.1. The largest absolute Gasteiger partial charge is 0.486 e. The Labute approximate surface area is 312 Å². The number of thiophene rings is 3. The van der Waals surface area contributed by atoms with Gasteiger partial charge >= 0.3 is 0 Å². The predicted octanol–water partition coefficient (Wildman–Crippen LogP) is 12.3. The van der Waals surface area contributed by atoms with Gasteiger partial charge in [0, 0.05) is 20.9 Å². The molecular formula is C42H44N2O4S3. The monoisotopic (exact) mass is 736 g/mol. The molecule has 0 fully saturated rings. The Bertz CT molecular complexity index is 1980. The summed E-state index contributed by atoms with van der Waals surface area (Å²) in [5.74, 6) is 2.98. The summed E-state index contributed by atoms with van der Waals surface area (Å²) in [6.45, 7) is 6.68. The van der Waals surface area contributed by atoms with Crippen LogP contribution in [0.3, 0.4) is 0 Å². The van der Waals surface area contributed by atoms with E-state index in [1.807, 2.05) is 58.3 Å². The molecule has 6 nitrogen and oxygen atoms in total. The lowest BCUT2D eigenvalue weighted by molar-refractivity contribution is 0.171. The Kier molecular flexibility index (Phi) is 10.6. The van der Waals surface area contributed by atoms with Gasteiger partial charge in [-0.1, -0.05) is 52.4 Å². The zero-order valence-electron chi connectivity index (χ0n) is 29.4. The highest BCUT2D eigenvalue weighted by molar-refractivity contribution is 7.27. The zero-order valence-corrected chi connectivity index (χ0v) is 31.9. The van der Waals surface area contributed by atoms with Crippen LogP contribution < -0.4 is 18.9 Å². The number of nitrogens with zero attached hydrogens (tertiary/aromatic N) is 2. The third-order valence-electron chi connectivity index (χ3n) is 9.55. The van der Waals surface area contributed by atoms with Crippen molar-refractivity contribution in [2.75, 3.05) is 26.4 Å². The van der Waals surface area contributed by atoms with E-state index in [0.29, 0.717) is 26.4 Å². The van der Waals surface area contributed by atoms with Gasteiger partial charge in [-0.25, -0.2) is 9.97 Å². The van der Waals surface area contributed by atoms with Crippen LogP contribution in [0.25, 0.3) is 53.1 Å². The van der Waals surface area contributed by atoms with Gasteiger partial charge in [0.15, 0.2) is 23.0 Å². The minimum Gasteiger partial charge on any atom is -0.486 e. The summed E-state index contributed by atoms with van der Waals surface area (Å²) in [6, 6.07) is 17.0. The lowest BCUT2D eigenvalue weighted by Gasteiger charge is -2.20. The molecule has 0 atom stereocenters. The van der Waals surface area contributed by atoms with Crippen LogP contribution in [0, 0.1) is 0 Å². The van der Waals surface area contributed by atoms with Crippen molar-refractivity contribution < 1.29 is 18.9 Å². The molecule has 0 saturated heterocycles. The molecule has 2 aliphatic heterocycles. The number of ether oxygens (including phenoxy) is 4. The molecule has 51 heavy (non-hydrogen) atoms. The molecule has 0 bridgehead atoms. The van der Waals surface area contributed by atoms with Crippen molar-refractivity contribution >= 4 is 45.0 Å². The van der Waals surface area contributed by atoms with Crippen LogP contribution >= 0.6 is 34.0 Å². The van der Waals surface area contributed by atoms with Crippen LogP contribution in [0.15, 0.2) is 59.3 Å². The van der Waals surface area contributed by atoms with Crippen molar-refractivity contribution in [2.24, 2.45) is 0 Å². The smallest absolute Gasteiger partial charge is 0.162 e. The van der Waals surface area contributed by atoms with Gasteiger partial charge in [0.25, 0.3) is 0 Å². The van der Waals surface area contributed by atoms with E-state index in [9.17, 15) is 0 Å². The Balaban J connectivity index is 1.29. The molecule has 2 aromatic carbocycles. The van der Waals surface area contributed by atoms with Gasteiger partial charge in [-0.2, -0.15) is 0 Å². The van der Waals surface area contributed by atoms with E-state index >= 15 is 0 Å². The van der Waals surface area contributed by atoms with Crippen LogP contribution in [-0.2, 0) is 12.8 Å². The molecule has 0 N–H and O–H groups in total. The normalized spacial score (nSPS) is 13.6. The minimum atomic E-state index is 0.523. The first-order chi connectivity index (χ1) is 25.2. The number of aryl methyl sites for hydroxylation is 2. The molecule has 0 radical (unpaired) electrons. The highest BCUT2D eigenvalue weighted by Gasteiger charge is 2.25. The average molecular weight is 737 g/mol. The molecule has 0 saturated carbocycles. The van der Waals surface area contributed by atoms with E-state index < -0.39 is 0 Å². The van der Waals surface area contributed by atoms with Gasteiger partial charge in [-0.05, 0) is 96.1 Å². The SMILES string of the molecule is CCCCCCc1csc(-c2sc(-c3cc(CCCCCC)cs3)c3nc(-c4ccc5c(c4)OCCO5)c(-c4ccc5c(c4)OCCO5)nc23)c1. The Morgan fingerprint density at radius 2 is 0.980 bits per heavy atom. The van der Waals surface area contributed by atoms with Gasteiger partial charge in [-0.15, -0.1) is 34.0 Å². The summed E-state index contributed by atoms with van der Waals surface area (Å²) in [6.07, 6.45) is 12.3. The topological polar surface area (TPSA) is 62.7 Å². The maximum Gasteiger partial charge on any atom is 0.162 e. The number of unbranched alkanes of at least 4 members (excludes halogenated alkanes) is 6. The van der Waals surface area contributed by atoms with E-state index in [2.05, 4.69) is 48.9 Å². The molecule has 2 aliphatic rings. The summed E-state index contributed by atoms with van der Waals surface area (Å²) in [5.41, 5.74) is 8.19. The van der Waals surface area contributed by atoms with E-state index in [0.717, 1.165) is 69.4 Å².